The molecule has 0 unspecified atom stereocenters. The van der Waals surface area contributed by atoms with Gasteiger partial charge in [-0.15, -0.1) is 11.8 Å². The van der Waals surface area contributed by atoms with E-state index in [9.17, 15) is 4.79 Å². The third-order valence-corrected chi connectivity index (χ3v) is 5.15. The second-order valence-corrected chi connectivity index (χ2v) is 7.33. The van der Waals surface area contributed by atoms with Gasteiger partial charge in [0.2, 0.25) is 0 Å². The van der Waals surface area contributed by atoms with Crippen LogP contribution in [0.5, 0.6) is 0 Å². The number of aromatic nitrogens is 1. The molecule has 2 rings (SSSR count). The first-order valence-electron chi connectivity index (χ1n) is 6.48. The first kappa shape index (κ1) is 16.1. The Morgan fingerprint density at radius 2 is 2.14 bits per heavy atom. The zero-order valence-electron chi connectivity index (χ0n) is 11.8. The number of nitrogens with two attached hydrogens (primary N) is 1. The van der Waals surface area contributed by atoms with Crippen LogP contribution in [0.15, 0.2) is 30.3 Å². The quantitative estimate of drug-likeness (QED) is 0.825. The SMILES string of the molecule is CC(C)(SCc1cc2ccccc2nc1Cl)[C@H](N)C(=O)O. The van der Waals surface area contributed by atoms with Crippen molar-refractivity contribution in [3.05, 3.63) is 41.0 Å². The zero-order valence-corrected chi connectivity index (χ0v) is 13.4. The average Bonchev–Trinajstić information content (AvgIpc) is 2.44. The van der Waals surface area contributed by atoms with Gasteiger partial charge in [-0.3, -0.25) is 4.79 Å². The van der Waals surface area contributed by atoms with Crippen molar-refractivity contribution in [1.29, 1.82) is 0 Å². The van der Waals surface area contributed by atoms with E-state index in [0.29, 0.717) is 10.9 Å². The van der Waals surface area contributed by atoms with Crippen LogP contribution in [0.3, 0.4) is 0 Å². The molecule has 0 amide bonds. The van der Waals surface area contributed by atoms with Crippen LogP contribution in [-0.2, 0) is 10.5 Å². The Morgan fingerprint density at radius 1 is 1.48 bits per heavy atom. The van der Waals surface area contributed by atoms with Crippen LogP contribution in [0.1, 0.15) is 19.4 Å². The smallest absolute Gasteiger partial charge is 0.321 e. The molecule has 0 bridgehead atoms. The molecule has 4 nitrogen and oxygen atoms in total. The fourth-order valence-corrected chi connectivity index (χ4v) is 3.21. The minimum absolute atomic E-state index is 0.445. The zero-order chi connectivity index (χ0) is 15.6. The van der Waals surface area contributed by atoms with Crippen LogP contribution in [-0.4, -0.2) is 26.8 Å². The Hall–Kier alpha value is -1.30. The number of rotatable bonds is 5. The molecule has 21 heavy (non-hydrogen) atoms. The monoisotopic (exact) mass is 324 g/mol. The molecule has 1 aromatic carbocycles. The highest BCUT2D eigenvalue weighted by molar-refractivity contribution is 7.99. The molecule has 3 N–H and O–H groups in total. The van der Waals surface area contributed by atoms with Crippen molar-refractivity contribution in [1.82, 2.24) is 4.98 Å². The van der Waals surface area contributed by atoms with Gasteiger partial charge in [0, 0.05) is 21.4 Å². The van der Waals surface area contributed by atoms with Gasteiger partial charge in [-0.1, -0.05) is 29.8 Å². The van der Waals surface area contributed by atoms with E-state index in [1.807, 2.05) is 44.2 Å². The predicted octanol–water partition coefficient (Wildman–Crippen LogP) is 3.31. The standard InChI is InChI=1S/C15H17ClN2O2S/c1-15(2,12(17)14(19)20)21-8-10-7-9-5-3-4-6-11(9)18-13(10)16/h3-7,12H,8,17H2,1-2H3,(H,19,20)/t12-/m1/s1. The highest BCUT2D eigenvalue weighted by Crippen LogP contribution is 2.33. The number of aliphatic carboxylic acids is 1. The van der Waals surface area contributed by atoms with Gasteiger partial charge in [0.25, 0.3) is 0 Å². The summed E-state index contributed by atoms with van der Waals surface area (Å²) in [5, 5.41) is 10.5. The number of thioether (sulfide) groups is 1. The molecule has 0 spiro atoms. The van der Waals surface area contributed by atoms with Gasteiger partial charge in [0.1, 0.15) is 11.2 Å². The van der Waals surface area contributed by atoms with Gasteiger partial charge in [-0.05, 0) is 26.0 Å². The fourth-order valence-electron chi connectivity index (χ4n) is 1.89. The Kier molecular flexibility index (Phi) is 4.76. The van der Waals surface area contributed by atoms with E-state index in [4.69, 9.17) is 22.4 Å². The fraction of sp³-hybridized carbons (Fsp3) is 0.333. The lowest BCUT2D eigenvalue weighted by Crippen LogP contribution is -2.46. The van der Waals surface area contributed by atoms with Crippen molar-refractivity contribution < 1.29 is 9.90 Å². The molecule has 112 valence electrons. The molecule has 2 aromatic rings. The first-order chi connectivity index (χ1) is 9.81. The van der Waals surface area contributed by atoms with Gasteiger partial charge in [-0.25, -0.2) is 4.98 Å². The van der Waals surface area contributed by atoms with Crippen molar-refractivity contribution in [2.75, 3.05) is 0 Å². The molecule has 0 aliphatic heterocycles. The third kappa shape index (κ3) is 3.67. The maximum atomic E-state index is 11.0. The largest absolute Gasteiger partial charge is 0.480 e. The van der Waals surface area contributed by atoms with Crippen LogP contribution >= 0.6 is 23.4 Å². The van der Waals surface area contributed by atoms with Gasteiger partial charge in [0.15, 0.2) is 0 Å². The third-order valence-electron chi connectivity index (χ3n) is 3.36. The van der Waals surface area contributed by atoms with Crippen molar-refractivity contribution >= 4 is 40.2 Å². The van der Waals surface area contributed by atoms with E-state index >= 15 is 0 Å². The van der Waals surface area contributed by atoms with E-state index < -0.39 is 16.8 Å². The molecular formula is C15H17ClN2O2S. The van der Waals surface area contributed by atoms with Crippen LogP contribution in [0.4, 0.5) is 0 Å². The summed E-state index contributed by atoms with van der Waals surface area (Å²) in [5.41, 5.74) is 7.44. The van der Waals surface area contributed by atoms with Gasteiger partial charge < -0.3 is 10.8 Å². The summed E-state index contributed by atoms with van der Waals surface area (Å²) in [6.45, 7) is 3.64. The summed E-state index contributed by atoms with van der Waals surface area (Å²) < 4.78 is -0.596. The van der Waals surface area contributed by atoms with Gasteiger partial charge in [-0.2, -0.15) is 0 Å². The number of carboxylic acids is 1. The Labute approximate surface area is 132 Å². The summed E-state index contributed by atoms with van der Waals surface area (Å²) in [6.07, 6.45) is 0. The van der Waals surface area contributed by atoms with E-state index in [2.05, 4.69) is 4.98 Å². The maximum Gasteiger partial charge on any atom is 0.321 e. The number of fused-ring (bicyclic) bond motifs is 1. The molecule has 1 heterocycles. The molecule has 1 aromatic heterocycles. The number of hydrogen-bond acceptors (Lipinski definition) is 4. The lowest BCUT2D eigenvalue weighted by Gasteiger charge is -2.28. The van der Waals surface area contributed by atoms with E-state index in [-0.39, 0.29) is 0 Å². The second kappa shape index (κ2) is 6.22. The van der Waals surface area contributed by atoms with Gasteiger partial charge in [0.05, 0.1) is 5.52 Å². The van der Waals surface area contributed by atoms with Crippen molar-refractivity contribution in [2.24, 2.45) is 5.73 Å². The van der Waals surface area contributed by atoms with Crippen LogP contribution in [0, 0.1) is 0 Å². The molecule has 0 radical (unpaired) electrons. The Morgan fingerprint density at radius 3 is 2.81 bits per heavy atom. The second-order valence-electron chi connectivity index (χ2n) is 5.34. The topological polar surface area (TPSA) is 76.2 Å². The van der Waals surface area contributed by atoms with Crippen molar-refractivity contribution in [3.8, 4) is 0 Å². The molecular weight excluding hydrogens is 308 g/mol. The molecule has 6 heteroatoms. The summed E-state index contributed by atoms with van der Waals surface area (Å²) in [4.78, 5) is 15.4. The minimum atomic E-state index is -1.00. The van der Waals surface area contributed by atoms with E-state index in [1.165, 1.54) is 11.8 Å². The number of halogens is 1. The number of carboxylic acid groups (broad SMARTS) is 1. The minimum Gasteiger partial charge on any atom is -0.480 e. The molecule has 1 atom stereocenters. The molecule has 0 aliphatic carbocycles. The summed E-state index contributed by atoms with van der Waals surface area (Å²) in [6, 6.07) is 8.78. The average molecular weight is 325 g/mol. The Balaban J connectivity index is 2.20. The number of carbonyl (C=O) groups is 1. The molecule has 0 saturated carbocycles. The van der Waals surface area contributed by atoms with Crippen molar-refractivity contribution in [3.63, 3.8) is 0 Å². The highest BCUT2D eigenvalue weighted by Gasteiger charge is 2.32. The lowest BCUT2D eigenvalue weighted by atomic mass is 10.1. The lowest BCUT2D eigenvalue weighted by molar-refractivity contribution is -0.139. The summed E-state index contributed by atoms with van der Waals surface area (Å²) >= 11 is 7.66. The maximum absolute atomic E-state index is 11.0. The predicted molar refractivity (Wildman–Crippen MR) is 87.7 cm³/mol. The highest BCUT2D eigenvalue weighted by atomic mass is 35.5. The molecule has 0 aliphatic rings. The normalized spacial score (nSPS) is 13.3. The number of hydrogen-bond donors (Lipinski definition) is 2. The van der Waals surface area contributed by atoms with Crippen LogP contribution < -0.4 is 5.73 Å². The Bertz CT molecular complexity index is 676. The summed E-state index contributed by atoms with van der Waals surface area (Å²) in [7, 11) is 0. The first-order valence-corrected chi connectivity index (χ1v) is 7.84. The molecule has 0 fully saturated rings. The van der Waals surface area contributed by atoms with Crippen molar-refractivity contribution in [2.45, 2.75) is 30.4 Å². The van der Waals surface area contributed by atoms with Crippen LogP contribution in [0.2, 0.25) is 5.15 Å². The van der Waals surface area contributed by atoms with Gasteiger partial charge >= 0.3 is 5.97 Å². The van der Waals surface area contributed by atoms with Crippen LogP contribution in [0.25, 0.3) is 10.9 Å². The number of para-hydroxylation sites is 1. The number of pyridine rings is 1. The summed E-state index contributed by atoms with van der Waals surface area (Å²) in [5.74, 6) is -0.444. The number of benzene rings is 1. The number of nitrogens with zero attached hydrogens (tertiary/aromatic N) is 1. The molecule has 0 saturated heterocycles. The van der Waals surface area contributed by atoms with E-state index in [0.717, 1.165) is 16.5 Å². The van der Waals surface area contributed by atoms with E-state index in [1.54, 1.807) is 0 Å².